The second-order valence-corrected chi connectivity index (χ2v) is 10.3. The molecular weight excluding hydrogens is 502 g/mol. The first-order valence-corrected chi connectivity index (χ1v) is 13.0. The summed E-state index contributed by atoms with van der Waals surface area (Å²) in [7, 11) is 1.85. The van der Waals surface area contributed by atoms with Crippen molar-refractivity contribution in [2.75, 3.05) is 23.7 Å². The Morgan fingerprint density at radius 2 is 2.00 bits per heavy atom. The van der Waals surface area contributed by atoms with Gasteiger partial charge in [0, 0.05) is 43.0 Å². The average molecular weight is 528 g/mol. The Balaban J connectivity index is 1.14. The average Bonchev–Trinajstić information content (AvgIpc) is 3.64. The number of aryl methyl sites for hydroxylation is 2. The van der Waals surface area contributed by atoms with Gasteiger partial charge in [-0.25, -0.2) is 0 Å². The maximum atomic E-state index is 13.1. The highest BCUT2D eigenvalue weighted by atomic mass is 32.1. The fourth-order valence-electron chi connectivity index (χ4n) is 4.53. The Bertz CT molecular complexity index is 1670. The predicted octanol–water partition coefficient (Wildman–Crippen LogP) is 3.14. The molecule has 12 heteroatoms. The van der Waals surface area contributed by atoms with Crippen LogP contribution in [0.15, 0.2) is 54.4 Å². The molecular formula is C26H25N9O2S. The number of nitrogens with one attached hydrogen (secondary N) is 2. The number of hydrogen-bond donors (Lipinski definition) is 2. The summed E-state index contributed by atoms with van der Waals surface area (Å²) in [6.45, 7) is 3.71. The molecule has 0 radical (unpaired) electrons. The van der Waals surface area contributed by atoms with Gasteiger partial charge in [-0.15, -0.1) is 21.5 Å². The zero-order valence-corrected chi connectivity index (χ0v) is 21.7. The van der Waals surface area contributed by atoms with Crippen LogP contribution < -0.4 is 10.6 Å². The van der Waals surface area contributed by atoms with Gasteiger partial charge in [0.25, 0.3) is 5.91 Å². The molecule has 0 atom stereocenters. The smallest absolute Gasteiger partial charge is 0.294 e. The number of anilines is 2. The Kier molecular flexibility index (Phi) is 6.18. The number of rotatable bonds is 6. The molecule has 0 bridgehead atoms. The Labute approximate surface area is 222 Å². The van der Waals surface area contributed by atoms with Crippen LogP contribution >= 0.6 is 11.3 Å². The van der Waals surface area contributed by atoms with E-state index in [0.717, 1.165) is 30.6 Å². The molecule has 192 valence electrons. The number of carbonyl (C=O) groups is 2. The van der Waals surface area contributed by atoms with Crippen LogP contribution in [0.1, 0.15) is 26.8 Å². The lowest BCUT2D eigenvalue weighted by atomic mass is 10.1. The summed E-state index contributed by atoms with van der Waals surface area (Å²) in [4.78, 5) is 33.6. The predicted molar refractivity (Wildman–Crippen MR) is 144 cm³/mol. The summed E-state index contributed by atoms with van der Waals surface area (Å²) in [5.74, 6) is -0.412. The lowest BCUT2D eigenvalue weighted by Crippen LogP contribution is -2.36. The number of pyridine rings is 2. The van der Waals surface area contributed by atoms with Gasteiger partial charge in [-0.1, -0.05) is 0 Å². The maximum Gasteiger partial charge on any atom is 0.294 e. The molecule has 11 nitrogen and oxygen atoms in total. The second-order valence-electron chi connectivity index (χ2n) is 9.26. The first-order chi connectivity index (χ1) is 18.4. The highest BCUT2D eigenvalue weighted by Gasteiger charge is 2.20. The van der Waals surface area contributed by atoms with Crippen LogP contribution in [0.4, 0.5) is 11.4 Å². The van der Waals surface area contributed by atoms with Gasteiger partial charge in [0.1, 0.15) is 0 Å². The Hall–Kier alpha value is -4.42. The fourth-order valence-corrected chi connectivity index (χ4v) is 5.50. The lowest BCUT2D eigenvalue weighted by Gasteiger charge is -2.26. The number of amides is 2. The van der Waals surface area contributed by atoms with Crippen molar-refractivity contribution >= 4 is 40.2 Å². The van der Waals surface area contributed by atoms with Crippen molar-refractivity contribution in [2.24, 2.45) is 7.05 Å². The summed E-state index contributed by atoms with van der Waals surface area (Å²) < 4.78 is 3.35. The first kappa shape index (κ1) is 23.9. The van der Waals surface area contributed by atoms with Gasteiger partial charge in [0.05, 0.1) is 36.0 Å². The van der Waals surface area contributed by atoms with Gasteiger partial charge in [-0.3, -0.25) is 28.6 Å². The van der Waals surface area contributed by atoms with E-state index in [2.05, 4.69) is 47.3 Å². The highest BCUT2D eigenvalue weighted by Crippen LogP contribution is 2.25. The zero-order valence-electron chi connectivity index (χ0n) is 20.9. The number of nitrogens with zero attached hydrogens (tertiary/aromatic N) is 7. The van der Waals surface area contributed by atoms with Crippen LogP contribution in [-0.4, -0.2) is 59.2 Å². The van der Waals surface area contributed by atoms with Crippen molar-refractivity contribution < 1.29 is 9.59 Å². The molecule has 38 heavy (non-hydrogen) atoms. The first-order valence-electron chi connectivity index (χ1n) is 12.1. The van der Waals surface area contributed by atoms with Crippen molar-refractivity contribution in [2.45, 2.75) is 19.9 Å². The molecule has 2 amide bonds. The van der Waals surface area contributed by atoms with Crippen LogP contribution in [0.25, 0.3) is 16.8 Å². The van der Waals surface area contributed by atoms with Gasteiger partial charge in [-0.2, -0.15) is 5.10 Å². The highest BCUT2D eigenvalue weighted by molar-refractivity contribution is 7.10. The maximum absolute atomic E-state index is 13.1. The van der Waals surface area contributed by atoms with E-state index in [1.165, 1.54) is 10.4 Å². The third-order valence-electron chi connectivity index (χ3n) is 6.54. The molecule has 0 spiro atoms. The van der Waals surface area contributed by atoms with E-state index in [1.54, 1.807) is 52.0 Å². The lowest BCUT2D eigenvalue weighted by molar-refractivity contribution is -0.117. The van der Waals surface area contributed by atoms with Gasteiger partial charge >= 0.3 is 0 Å². The molecule has 5 aromatic rings. The Morgan fingerprint density at radius 3 is 2.84 bits per heavy atom. The quantitative estimate of drug-likeness (QED) is 0.348. The topological polar surface area (TPSA) is 122 Å². The minimum Gasteiger partial charge on any atom is -0.324 e. The molecule has 1 aliphatic rings. The largest absolute Gasteiger partial charge is 0.324 e. The van der Waals surface area contributed by atoms with Crippen LogP contribution in [0.3, 0.4) is 0 Å². The number of aromatic nitrogens is 6. The fraction of sp³-hybridized carbons (Fsp3) is 0.231. The van der Waals surface area contributed by atoms with Crippen LogP contribution in [0.2, 0.25) is 0 Å². The summed E-state index contributed by atoms with van der Waals surface area (Å²) in [6, 6.07) is 7.60. The molecule has 0 saturated heterocycles. The summed E-state index contributed by atoms with van der Waals surface area (Å²) >= 11 is 1.73. The van der Waals surface area contributed by atoms with Gasteiger partial charge in [0.2, 0.25) is 11.7 Å². The molecule has 0 unspecified atom stereocenters. The van der Waals surface area contributed by atoms with Crippen molar-refractivity contribution in [1.82, 2.24) is 34.3 Å². The van der Waals surface area contributed by atoms with E-state index < -0.39 is 5.91 Å². The number of fused-ring (bicyclic) bond motifs is 2. The molecule has 6 rings (SSSR count). The van der Waals surface area contributed by atoms with Gasteiger partial charge in [0.15, 0.2) is 5.65 Å². The summed E-state index contributed by atoms with van der Waals surface area (Å²) in [6.07, 6.45) is 7.97. The van der Waals surface area contributed by atoms with E-state index in [1.807, 2.05) is 25.4 Å². The Morgan fingerprint density at radius 1 is 1.11 bits per heavy atom. The monoisotopic (exact) mass is 527 g/mol. The van der Waals surface area contributed by atoms with E-state index in [-0.39, 0.29) is 11.7 Å². The minimum absolute atomic E-state index is 0.124. The van der Waals surface area contributed by atoms with E-state index in [4.69, 9.17) is 0 Å². The van der Waals surface area contributed by atoms with Gasteiger partial charge < -0.3 is 10.6 Å². The molecule has 0 fully saturated rings. The SMILES string of the molecule is Cc1ncc(NC(=O)CN2CCc3ccsc3C2)cc1NC(=O)c1nnc2cc(-c3cnn(C)c3)ccn12. The standard InChI is InChI=1S/C26H25N9O2S/c1-16-21(10-20(12-27-16)29-24(36)15-34-6-3-17-5-8-38-22(17)14-34)30-26(37)25-32-31-23-9-18(4-7-35(23)25)19-11-28-33(2)13-19/h4-5,7-13H,3,6,14-15H2,1-2H3,(H,29,36)(H,30,37). The van der Waals surface area contributed by atoms with Crippen molar-refractivity contribution in [3.8, 4) is 11.1 Å². The van der Waals surface area contributed by atoms with E-state index in [0.29, 0.717) is 29.3 Å². The number of carbonyl (C=O) groups excluding carboxylic acids is 2. The minimum atomic E-state index is -0.430. The summed E-state index contributed by atoms with van der Waals surface area (Å²) in [5, 5.41) is 20.3. The number of hydrogen-bond acceptors (Lipinski definition) is 8. The normalized spacial score (nSPS) is 13.4. The molecule has 0 saturated carbocycles. The molecule has 2 N–H and O–H groups in total. The van der Waals surface area contributed by atoms with Crippen molar-refractivity contribution in [1.29, 1.82) is 0 Å². The molecule has 1 aliphatic heterocycles. The number of thiophene rings is 1. The summed E-state index contributed by atoms with van der Waals surface area (Å²) in [5.41, 5.74) is 5.40. The van der Waals surface area contributed by atoms with Gasteiger partial charge in [-0.05, 0) is 54.1 Å². The molecule has 0 aliphatic carbocycles. The molecule has 0 aromatic carbocycles. The van der Waals surface area contributed by atoms with Crippen LogP contribution in [0.5, 0.6) is 0 Å². The third-order valence-corrected chi connectivity index (χ3v) is 7.49. The molecule has 6 heterocycles. The van der Waals surface area contributed by atoms with Crippen LogP contribution in [-0.2, 0) is 24.8 Å². The molecule has 5 aromatic heterocycles. The van der Waals surface area contributed by atoms with Crippen LogP contribution in [0, 0.1) is 6.92 Å². The van der Waals surface area contributed by atoms with Crippen molar-refractivity contribution in [3.05, 3.63) is 76.4 Å². The van der Waals surface area contributed by atoms with E-state index >= 15 is 0 Å². The second kappa shape index (κ2) is 9.80. The van der Waals surface area contributed by atoms with Crippen molar-refractivity contribution in [3.63, 3.8) is 0 Å². The third kappa shape index (κ3) is 4.78. The van der Waals surface area contributed by atoms with E-state index in [9.17, 15) is 9.59 Å². The zero-order chi connectivity index (χ0) is 26.2.